The number of carbonyl (C=O) groups is 1. The van der Waals surface area contributed by atoms with Gasteiger partial charge in [0.25, 0.3) is 5.91 Å². The minimum atomic E-state index is -0.172. The first-order valence-electron chi connectivity index (χ1n) is 7.89. The molecular weight excluding hydrogens is 306 g/mol. The molecule has 0 fully saturated rings. The molecule has 1 amide bonds. The number of nitrogens with one attached hydrogen (secondary N) is 1. The van der Waals surface area contributed by atoms with Gasteiger partial charge < -0.3 is 19.5 Å². The molecule has 0 aliphatic carbocycles. The molecule has 1 unspecified atom stereocenters. The molecule has 1 aliphatic rings. The third kappa shape index (κ3) is 3.68. The van der Waals surface area contributed by atoms with Gasteiger partial charge in [0.15, 0.2) is 0 Å². The molecule has 5 nitrogen and oxygen atoms in total. The van der Waals surface area contributed by atoms with E-state index in [0.29, 0.717) is 30.2 Å². The molecule has 24 heavy (non-hydrogen) atoms. The number of amides is 1. The summed E-state index contributed by atoms with van der Waals surface area (Å²) in [6.45, 7) is 1.05. The minimum Gasteiger partial charge on any atom is -0.497 e. The van der Waals surface area contributed by atoms with Crippen molar-refractivity contribution >= 4 is 5.91 Å². The Balaban J connectivity index is 1.62. The lowest BCUT2D eigenvalue weighted by atomic mass is 9.99. The second-order valence-electron chi connectivity index (χ2n) is 5.72. The van der Waals surface area contributed by atoms with E-state index in [1.165, 1.54) is 11.1 Å². The van der Waals surface area contributed by atoms with Gasteiger partial charge in [0.05, 0.1) is 26.9 Å². The van der Waals surface area contributed by atoms with Crippen molar-refractivity contribution in [2.45, 2.75) is 19.1 Å². The molecular formula is C19H21NO4. The van der Waals surface area contributed by atoms with Crippen molar-refractivity contribution in [2.75, 3.05) is 20.8 Å². The van der Waals surface area contributed by atoms with Gasteiger partial charge >= 0.3 is 0 Å². The molecule has 1 atom stereocenters. The Morgan fingerprint density at radius 3 is 2.46 bits per heavy atom. The number of ether oxygens (including phenoxy) is 3. The van der Waals surface area contributed by atoms with Crippen LogP contribution in [-0.4, -0.2) is 32.8 Å². The first-order chi connectivity index (χ1) is 11.7. The molecule has 2 aromatic rings. The predicted molar refractivity (Wildman–Crippen MR) is 90.6 cm³/mol. The summed E-state index contributed by atoms with van der Waals surface area (Å²) in [5.74, 6) is 0.999. The van der Waals surface area contributed by atoms with E-state index < -0.39 is 0 Å². The quantitative estimate of drug-likeness (QED) is 0.917. The van der Waals surface area contributed by atoms with Gasteiger partial charge in [-0.15, -0.1) is 0 Å². The van der Waals surface area contributed by atoms with Gasteiger partial charge in [-0.3, -0.25) is 4.79 Å². The topological polar surface area (TPSA) is 56.8 Å². The van der Waals surface area contributed by atoms with Crippen LogP contribution in [-0.2, 0) is 17.8 Å². The van der Waals surface area contributed by atoms with Crippen molar-refractivity contribution < 1.29 is 19.0 Å². The summed E-state index contributed by atoms with van der Waals surface area (Å²) >= 11 is 0. The number of rotatable bonds is 5. The first-order valence-corrected chi connectivity index (χ1v) is 7.89. The van der Waals surface area contributed by atoms with Crippen LogP contribution in [0.4, 0.5) is 0 Å². The van der Waals surface area contributed by atoms with Crippen LogP contribution in [0.25, 0.3) is 0 Å². The van der Waals surface area contributed by atoms with E-state index >= 15 is 0 Å². The molecule has 2 aromatic carbocycles. The highest BCUT2D eigenvalue weighted by Gasteiger charge is 2.20. The fourth-order valence-electron chi connectivity index (χ4n) is 2.79. The summed E-state index contributed by atoms with van der Waals surface area (Å²) in [6.07, 6.45) is 0.786. The lowest BCUT2D eigenvalue weighted by Crippen LogP contribution is -2.36. The van der Waals surface area contributed by atoms with Gasteiger partial charge in [0, 0.05) is 24.6 Å². The standard InChI is InChI=1S/C19H21NO4/c1-22-16-8-15(9-17(10-16)23-2)19(21)20-11-18-7-13-5-3-4-6-14(13)12-24-18/h3-6,8-10,18H,7,11-12H2,1-2H3,(H,20,21). The molecule has 0 spiro atoms. The maximum Gasteiger partial charge on any atom is 0.251 e. The summed E-state index contributed by atoms with van der Waals surface area (Å²) in [7, 11) is 3.12. The van der Waals surface area contributed by atoms with E-state index in [1.54, 1.807) is 32.4 Å². The summed E-state index contributed by atoms with van der Waals surface area (Å²) in [5.41, 5.74) is 3.01. The largest absolute Gasteiger partial charge is 0.497 e. The number of methoxy groups -OCH3 is 2. The highest BCUT2D eigenvalue weighted by molar-refractivity contribution is 5.95. The molecule has 1 N–H and O–H groups in total. The van der Waals surface area contributed by atoms with Crippen LogP contribution in [0.5, 0.6) is 11.5 Å². The molecule has 5 heteroatoms. The average molecular weight is 327 g/mol. The maximum atomic E-state index is 12.4. The van der Waals surface area contributed by atoms with Crippen LogP contribution in [0.1, 0.15) is 21.5 Å². The van der Waals surface area contributed by atoms with Crippen molar-refractivity contribution in [3.05, 3.63) is 59.2 Å². The van der Waals surface area contributed by atoms with Gasteiger partial charge in [-0.25, -0.2) is 0 Å². The molecule has 0 saturated heterocycles. The number of carbonyl (C=O) groups excluding carboxylic acids is 1. The number of benzene rings is 2. The van der Waals surface area contributed by atoms with E-state index in [2.05, 4.69) is 17.4 Å². The fraction of sp³-hybridized carbons (Fsp3) is 0.316. The highest BCUT2D eigenvalue weighted by atomic mass is 16.5. The van der Waals surface area contributed by atoms with Crippen LogP contribution in [0.2, 0.25) is 0 Å². The lowest BCUT2D eigenvalue weighted by Gasteiger charge is -2.25. The van der Waals surface area contributed by atoms with E-state index in [4.69, 9.17) is 14.2 Å². The van der Waals surface area contributed by atoms with E-state index in [0.717, 1.165) is 6.42 Å². The monoisotopic (exact) mass is 327 g/mol. The van der Waals surface area contributed by atoms with Crippen molar-refractivity contribution in [3.63, 3.8) is 0 Å². The molecule has 0 radical (unpaired) electrons. The lowest BCUT2D eigenvalue weighted by molar-refractivity contribution is 0.0285. The van der Waals surface area contributed by atoms with E-state index in [9.17, 15) is 4.79 Å². The van der Waals surface area contributed by atoms with Crippen molar-refractivity contribution in [1.29, 1.82) is 0 Å². The SMILES string of the molecule is COc1cc(OC)cc(C(=O)NCC2Cc3ccccc3CO2)c1. The van der Waals surface area contributed by atoms with E-state index in [-0.39, 0.29) is 12.0 Å². The van der Waals surface area contributed by atoms with Crippen molar-refractivity contribution in [2.24, 2.45) is 0 Å². The Morgan fingerprint density at radius 1 is 1.12 bits per heavy atom. The maximum absolute atomic E-state index is 12.4. The molecule has 1 heterocycles. The van der Waals surface area contributed by atoms with Crippen LogP contribution in [0, 0.1) is 0 Å². The zero-order valence-electron chi connectivity index (χ0n) is 13.9. The molecule has 0 saturated carbocycles. The number of hydrogen-bond donors (Lipinski definition) is 1. The Labute approximate surface area is 141 Å². The zero-order chi connectivity index (χ0) is 16.9. The molecule has 3 rings (SSSR count). The Morgan fingerprint density at radius 2 is 1.79 bits per heavy atom. The Kier molecular flexibility index (Phi) is 5.01. The first kappa shape index (κ1) is 16.3. The second kappa shape index (κ2) is 7.36. The Hall–Kier alpha value is -2.53. The van der Waals surface area contributed by atoms with Crippen LogP contribution < -0.4 is 14.8 Å². The highest BCUT2D eigenvalue weighted by Crippen LogP contribution is 2.23. The number of fused-ring (bicyclic) bond motifs is 1. The zero-order valence-corrected chi connectivity index (χ0v) is 13.9. The molecule has 126 valence electrons. The van der Waals surface area contributed by atoms with Crippen molar-refractivity contribution in [3.8, 4) is 11.5 Å². The Bertz CT molecular complexity index is 707. The van der Waals surface area contributed by atoms with Gasteiger partial charge in [0.2, 0.25) is 0 Å². The third-order valence-corrected chi connectivity index (χ3v) is 4.14. The second-order valence-corrected chi connectivity index (χ2v) is 5.72. The predicted octanol–water partition coefficient (Wildman–Crippen LogP) is 2.58. The molecule has 0 bridgehead atoms. The number of hydrogen-bond acceptors (Lipinski definition) is 4. The van der Waals surface area contributed by atoms with Crippen molar-refractivity contribution in [1.82, 2.24) is 5.32 Å². The van der Waals surface area contributed by atoms with Gasteiger partial charge in [-0.1, -0.05) is 24.3 Å². The van der Waals surface area contributed by atoms with Crippen LogP contribution in [0.15, 0.2) is 42.5 Å². The van der Waals surface area contributed by atoms with Gasteiger partial charge in [-0.2, -0.15) is 0 Å². The summed E-state index contributed by atoms with van der Waals surface area (Å²) in [6, 6.07) is 13.3. The van der Waals surface area contributed by atoms with Gasteiger partial charge in [0.1, 0.15) is 11.5 Å². The summed E-state index contributed by atoms with van der Waals surface area (Å²) < 4.78 is 16.2. The minimum absolute atomic E-state index is 0.0173. The van der Waals surface area contributed by atoms with E-state index in [1.807, 2.05) is 12.1 Å². The van der Waals surface area contributed by atoms with Gasteiger partial charge in [-0.05, 0) is 23.3 Å². The third-order valence-electron chi connectivity index (χ3n) is 4.14. The summed E-state index contributed by atoms with van der Waals surface area (Å²) in [4.78, 5) is 12.4. The average Bonchev–Trinajstić information content (AvgIpc) is 2.65. The molecule has 0 aromatic heterocycles. The summed E-state index contributed by atoms with van der Waals surface area (Å²) in [5, 5.41) is 2.93. The molecule has 1 aliphatic heterocycles. The van der Waals surface area contributed by atoms with Crippen LogP contribution in [0.3, 0.4) is 0 Å². The van der Waals surface area contributed by atoms with Crippen LogP contribution >= 0.6 is 0 Å². The smallest absolute Gasteiger partial charge is 0.251 e. The fourth-order valence-corrected chi connectivity index (χ4v) is 2.79. The normalized spacial score (nSPS) is 16.2.